The van der Waals surface area contributed by atoms with Crippen molar-refractivity contribution in [2.24, 2.45) is 0 Å². The van der Waals surface area contributed by atoms with Gasteiger partial charge in [-0.3, -0.25) is 0 Å². The lowest BCUT2D eigenvalue weighted by Gasteiger charge is -2.14. The summed E-state index contributed by atoms with van der Waals surface area (Å²) in [5, 5.41) is 0. The van der Waals surface area contributed by atoms with Gasteiger partial charge in [0, 0.05) is 25.5 Å². The van der Waals surface area contributed by atoms with E-state index in [4.69, 9.17) is 4.74 Å². The molecule has 0 saturated carbocycles. The van der Waals surface area contributed by atoms with E-state index in [2.05, 4.69) is 9.71 Å². The van der Waals surface area contributed by atoms with Crippen molar-refractivity contribution in [3.05, 3.63) is 42.5 Å². The van der Waals surface area contributed by atoms with Gasteiger partial charge in [0.2, 0.25) is 10.0 Å². The third kappa shape index (κ3) is 4.56. The smallest absolute Gasteiger partial charge is 0.240 e. The summed E-state index contributed by atoms with van der Waals surface area (Å²) in [6.45, 7) is 5.12. The molecule has 0 aliphatic carbocycles. The number of nitrogens with one attached hydrogen (secondary N) is 1. The van der Waals surface area contributed by atoms with Crippen LogP contribution in [0.5, 0.6) is 5.75 Å². The SMILES string of the molecule is COc1ccc(S(=O)(=O)NCCCn2ccnc2)cc1C(C)C. The standard InChI is InChI=1S/C16H23N3O3S/c1-13(2)15-11-14(5-6-16(15)22-3)23(20,21)18-7-4-9-19-10-8-17-12-19/h5-6,8,10-13,18H,4,7,9H2,1-3H3. The molecule has 0 amide bonds. The number of nitrogens with zero attached hydrogens (tertiary/aromatic N) is 2. The lowest BCUT2D eigenvalue weighted by Crippen LogP contribution is -2.25. The van der Waals surface area contributed by atoms with E-state index in [1.165, 1.54) is 0 Å². The average Bonchev–Trinajstić information content (AvgIpc) is 3.04. The Kier molecular flexibility index (Phi) is 5.79. The summed E-state index contributed by atoms with van der Waals surface area (Å²) in [6, 6.07) is 4.96. The molecule has 1 heterocycles. The topological polar surface area (TPSA) is 73.2 Å². The molecule has 1 aromatic heterocycles. The molecule has 2 aromatic rings. The summed E-state index contributed by atoms with van der Waals surface area (Å²) >= 11 is 0. The van der Waals surface area contributed by atoms with E-state index in [9.17, 15) is 8.42 Å². The van der Waals surface area contributed by atoms with Crippen molar-refractivity contribution >= 4 is 10.0 Å². The number of ether oxygens (including phenoxy) is 1. The minimum Gasteiger partial charge on any atom is -0.496 e. The van der Waals surface area contributed by atoms with Crippen molar-refractivity contribution in [2.45, 2.75) is 37.6 Å². The van der Waals surface area contributed by atoms with E-state index < -0.39 is 10.0 Å². The average molecular weight is 337 g/mol. The molecule has 126 valence electrons. The van der Waals surface area contributed by atoms with Crippen LogP contribution in [0.15, 0.2) is 41.8 Å². The third-order valence-electron chi connectivity index (χ3n) is 3.58. The first-order chi connectivity index (χ1) is 10.9. The van der Waals surface area contributed by atoms with Gasteiger partial charge in [-0.05, 0) is 36.1 Å². The molecule has 0 saturated heterocycles. The van der Waals surface area contributed by atoms with Gasteiger partial charge in [0.25, 0.3) is 0 Å². The van der Waals surface area contributed by atoms with Crippen molar-refractivity contribution in [3.8, 4) is 5.75 Å². The highest BCUT2D eigenvalue weighted by atomic mass is 32.2. The van der Waals surface area contributed by atoms with Crippen LogP contribution in [0.25, 0.3) is 0 Å². The predicted molar refractivity (Wildman–Crippen MR) is 89.1 cm³/mol. The summed E-state index contributed by atoms with van der Waals surface area (Å²) in [6.07, 6.45) is 5.97. The molecule has 0 atom stereocenters. The molecule has 1 aromatic carbocycles. The van der Waals surface area contributed by atoms with Crippen molar-refractivity contribution in [1.29, 1.82) is 0 Å². The molecule has 2 rings (SSSR count). The van der Waals surface area contributed by atoms with E-state index in [1.54, 1.807) is 37.8 Å². The summed E-state index contributed by atoms with van der Waals surface area (Å²) < 4.78 is 34.6. The number of hydrogen-bond acceptors (Lipinski definition) is 4. The first-order valence-electron chi connectivity index (χ1n) is 7.57. The van der Waals surface area contributed by atoms with Crippen LogP contribution >= 0.6 is 0 Å². The summed E-state index contributed by atoms with van der Waals surface area (Å²) in [7, 11) is -1.93. The highest BCUT2D eigenvalue weighted by Gasteiger charge is 2.17. The lowest BCUT2D eigenvalue weighted by molar-refractivity contribution is 0.407. The molecule has 0 unspecified atom stereocenters. The summed E-state index contributed by atoms with van der Waals surface area (Å²) in [4.78, 5) is 4.22. The minimum absolute atomic E-state index is 0.182. The van der Waals surface area contributed by atoms with Gasteiger partial charge in [0.1, 0.15) is 5.75 Å². The third-order valence-corrected chi connectivity index (χ3v) is 5.04. The van der Waals surface area contributed by atoms with Crippen LogP contribution in [0.3, 0.4) is 0 Å². The molecule has 23 heavy (non-hydrogen) atoms. The number of aryl methyl sites for hydroxylation is 1. The van der Waals surface area contributed by atoms with E-state index in [0.29, 0.717) is 18.7 Å². The molecule has 7 heteroatoms. The van der Waals surface area contributed by atoms with Crippen molar-refractivity contribution in [1.82, 2.24) is 14.3 Å². The van der Waals surface area contributed by atoms with Crippen LogP contribution < -0.4 is 9.46 Å². The van der Waals surface area contributed by atoms with Gasteiger partial charge >= 0.3 is 0 Å². The Morgan fingerprint density at radius 1 is 1.35 bits per heavy atom. The molecule has 0 radical (unpaired) electrons. The van der Waals surface area contributed by atoms with Gasteiger partial charge in [0.05, 0.1) is 18.3 Å². The molecular weight excluding hydrogens is 314 g/mol. The minimum atomic E-state index is -3.51. The Hall–Kier alpha value is -1.86. The van der Waals surface area contributed by atoms with E-state index in [-0.39, 0.29) is 10.8 Å². The molecule has 1 N–H and O–H groups in total. The van der Waals surface area contributed by atoms with Crippen LogP contribution in [0.4, 0.5) is 0 Å². The van der Waals surface area contributed by atoms with Crippen molar-refractivity contribution in [2.75, 3.05) is 13.7 Å². The highest BCUT2D eigenvalue weighted by molar-refractivity contribution is 7.89. The number of imidazole rings is 1. The lowest BCUT2D eigenvalue weighted by atomic mass is 10.0. The van der Waals surface area contributed by atoms with Crippen LogP contribution in [0, 0.1) is 0 Å². The van der Waals surface area contributed by atoms with Gasteiger partial charge < -0.3 is 9.30 Å². The Balaban J connectivity index is 2.02. The normalized spacial score (nSPS) is 11.8. The molecule has 0 bridgehead atoms. The van der Waals surface area contributed by atoms with Gasteiger partial charge in [-0.25, -0.2) is 18.1 Å². The zero-order chi connectivity index (χ0) is 16.9. The molecule has 0 fully saturated rings. The maximum absolute atomic E-state index is 12.4. The fourth-order valence-electron chi connectivity index (χ4n) is 2.30. The first kappa shape index (κ1) is 17.5. The monoisotopic (exact) mass is 337 g/mol. The zero-order valence-electron chi connectivity index (χ0n) is 13.7. The number of rotatable bonds is 8. The quantitative estimate of drug-likeness (QED) is 0.751. The number of sulfonamides is 1. The molecule has 6 nitrogen and oxygen atoms in total. The fourth-order valence-corrected chi connectivity index (χ4v) is 3.41. The van der Waals surface area contributed by atoms with Gasteiger partial charge in [0.15, 0.2) is 0 Å². The van der Waals surface area contributed by atoms with Crippen molar-refractivity contribution < 1.29 is 13.2 Å². The van der Waals surface area contributed by atoms with Crippen LogP contribution in [0.2, 0.25) is 0 Å². The highest BCUT2D eigenvalue weighted by Crippen LogP contribution is 2.28. The Labute approximate surface area is 137 Å². The number of benzene rings is 1. The van der Waals surface area contributed by atoms with E-state index >= 15 is 0 Å². The van der Waals surface area contributed by atoms with Gasteiger partial charge in [-0.15, -0.1) is 0 Å². The largest absolute Gasteiger partial charge is 0.496 e. The Bertz CT molecular complexity index is 725. The number of methoxy groups -OCH3 is 1. The van der Waals surface area contributed by atoms with Crippen LogP contribution in [-0.4, -0.2) is 31.6 Å². The van der Waals surface area contributed by atoms with Gasteiger partial charge in [-0.1, -0.05) is 13.8 Å². The van der Waals surface area contributed by atoms with E-state index in [0.717, 1.165) is 12.1 Å². The molecule has 0 spiro atoms. The number of aromatic nitrogens is 2. The zero-order valence-corrected chi connectivity index (χ0v) is 14.5. The predicted octanol–water partition coefficient (Wildman–Crippen LogP) is 2.38. The summed E-state index contributed by atoms with van der Waals surface area (Å²) in [5.41, 5.74) is 0.883. The summed E-state index contributed by atoms with van der Waals surface area (Å²) in [5.74, 6) is 0.889. The second-order valence-corrected chi connectivity index (χ2v) is 7.38. The second-order valence-electron chi connectivity index (χ2n) is 5.61. The van der Waals surface area contributed by atoms with Gasteiger partial charge in [-0.2, -0.15) is 0 Å². The second kappa shape index (κ2) is 7.61. The van der Waals surface area contributed by atoms with Crippen LogP contribution in [0.1, 0.15) is 31.7 Å². The molecular formula is C16H23N3O3S. The molecule has 0 aliphatic heterocycles. The Morgan fingerprint density at radius 2 is 2.13 bits per heavy atom. The van der Waals surface area contributed by atoms with Crippen LogP contribution in [-0.2, 0) is 16.6 Å². The maximum Gasteiger partial charge on any atom is 0.240 e. The number of hydrogen-bond donors (Lipinski definition) is 1. The van der Waals surface area contributed by atoms with E-state index in [1.807, 2.05) is 24.6 Å². The Morgan fingerprint density at radius 3 is 2.74 bits per heavy atom. The fraction of sp³-hybridized carbons (Fsp3) is 0.438. The van der Waals surface area contributed by atoms with Crippen molar-refractivity contribution in [3.63, 3.8) is 0 Å². The first-order valence-corrected chi connectivity index (χ1v) is 9.05. The maximum atomic E-state index is 12.4. The molecule has 0 aliphatic rings.